The topological polar surface area (TPSA) is 106 Å². The summed E-state index contributed by atoms with van der Waals surface area (Å²) in [6.07, 6.45) is 3.44. The first-order chi connectivity index (χ1) is 19.2. The van der Waals surface area contributed by atoms with E-state index < -0.39 is 22.8 Å². The second-order valence-corrected chi connectivity index (χ2v) is 10.8. The summed E-state index contributed by atoms with van der Waals surface area (Å²) in [7, 11) is 1.60. The third kappa shape index (κ3) is 4.86. The summed E-state index contributed by atoms with van der Waals surface area (Å²) in [4.78, 5) is 46.8. The van der Waals surface area contributed by atoms with E-state index in [0.717, 1.165) is 15.7 Å². The molecule has 10 heteroatoms. The van der Waals surface area contributed by atoms with E-state index in [0.29, 0.717) is 38.7 Å². The van der Waals surface area contributed by atoms with Crippen LogP contribution < -0.4 is 16.0 Å². The lowest BCUT2D eigenvalue weighted by atomic mass is 10.0. The van der Waals surface area contributed by atoms with Gasteiger partial charge in [0.25, 0.3) is 5.56 Å². The van der Waals surface area contributed by atoms with Crippen LogP contribution in [0.15, 0.2) is 81.1 Å². The number of carbonyl (C=O) groups excluding carboxylic acids is 1. The molecule has 3 aromatic heterocycles. The lowest BCUT2D eigenvalue weighted by Gasteiger charge is -2.26. The SMILES string of the molecule is COc1ccccc1CCn1c(=O)n(C(C)(C)C(=O)OCc2ccccc2)c(=O)c2c(C)c(-c3ncco3)sc21. The number of carbonyl (C=O) groups is 1. The number of esters is 1. The number of thiophene rings is 1. The first kappa shape index (κ1) is 27.1. The summed E-state index contributed by atoms with van der Waals surface area (Å²) >= 11 is 1.26. The van der Waals surface area contributed by atoms with Crippen molar-refractivity contribution >= 4 is 27.5 Å². The van der Waals surface area contributed by atoms with Crippen molar-refractivity contribution in [3.05, 3.63) is 105 Å². The molecule has 0 aliphatic rings. The van der Waals surface area contributed by atoms with Crippen LogP contribution in [0.3, 0.4) is 0 Å². The number of aryl methyl sites for hydroxylation is 3. The first-order valence-corrected chi connectivity index (χ1v) is 13.6. The van der Waals surface area contributed by atoms with Crippen LogP contribution in [0.4, 0.5) is 0 Å². The summed E-state index contributed by atoms with van der Waals surface area (Å²) in [5.41, 5.74) is -0.420. The number of benzene rings is 2. The van der Waals surface area contributed by atoms with Gasteiger partial charge in [0, 0.05) is 6.54 Å². The third-order valence-corrected chi connectivity index (χ3v) is 8.21. The van der Waals surface area contributed by atoms with Gasteiger partial charge in [0.15, 0.2) is 0 Å². The molecule has 0 spiro atoms. The molecule has 0 fully saturated rings. The van der Waals surface area contributed by atoms with Crippen LogP contribution in [-0.2, 0) is 34.6 Å². The molecule has 40 heavy (non-hydrogen) atoms. The summed E-state index contributed by atoms with van der Waals surface area (Å²) in [5.74, 6) is 0.370. The number of oxazole rings is 1. The molecule has 0 bridgehead atoms. The fraction of sp³-hybridized carbons (Fsp3) is 0.267. The van der Waals surface area contributed by atoms with E-state index in [4.69, 9.17) is 13.9 Å². The molecule has 5 aromatic rings. The van der Waals surface area contributed by atoms with Crippen molar-refractivity contribution in [2.45, 2.75) is 45.9 Å². The fourth-order valence-corrected chi connectivity index (χ4v) is 5.97. The lowest BCUT2D eigenvalue weighted by molar-refractivity contribution is -0.154. The smallest absolute Gasteiger partial charge is 0.333 e. The Labute approximate surface area is 234 Å². The second kappa shape index (κ2) is 11.0. The number of para-hydroxylation sites is 1. The number of methoxy groups -OCH3 is 1. The van der Waals surface area contributed by atoms with Gasteiger partial charge in [-0.15, -0.1) is 11.3 Å². The van der Waals surface area contributed by atoms with Gasteiger partial charge < -0.3 is 13.9 Å². The van der Waals surface area contributed by atoms with Crippen molar-refractivity contribution in [2.24, 2.45) is 0 Å². The highest BCUT2D eigenvalue weighted by Gasteiger charge is 2.37. The molecule has 0 aliphatic heterocycles. The number of hydrogen-bond donors (Lipinski definition) is 0. The van der Waals surface area contributed by atoms with Gasteiger partial charge in [-0.2, -0.15) is 0 Å². The summed E-state index contributed by atoms with van der Waals surface area (Å²) < 4.78 is 19.1. The van der Waals surface area contributed by atoms with Gasteiger partial charge in [-0.3, -0.25) is 9.36 Å². The average molecular weight is 560 g/mol. The molecular weight excluding hydrogens is 530 g/mol. The quantitative estimate of drug-likeness (QED) is 0.236. The Hall–Kier alpha value is -4.44. The minimum atomic E-state index is -1.58. The molecule has 0 N–H and O–H groups in total. The second-order valence-electron chi connectivity index (χ2n) is 9.83. The molecule has 0 saturated carbocycles. The molecular formula is C30H29N3O6S. The zero-order chi connectivity index (χ0) is 28.4. The highest BCUT2D eigenvalue weighted by Crippen LogP contribution is 2.36. The molecule has 0 atom stereocenters. The van der Waals surface area contributed by atoms with Crippen molar-refractivity contribution in [1.82, 2.24) is 14.1 Å². The first-order valence-electron chi connectivity index (χ1n) is 12.8. The highest BCUT2D eigenvalue weighted by molar-refractivity contribution is 7.22. The number of ether oxygens (including phenoxy) is 2. The molecule has 9 nitrogen and oxygen atoms in total. The number of fused-ring (bicyclic) bond motifs is 1. The molecule has 2 aromatic carbocycles. The molecule has 0 amide bonds. The van der Waals surface area contributed by atoms with Gasteiger partial charge in [0.1, 0.15) is 29.0 Å². The van der Waals surface area contributed by atoms with Gasteiger partial charge in [-0.05, 0) is 49.9 Å². The van der Waals surface area contributed by atoms with Crippen LogP contribution in [-0.4, -0.2) is 27.2 Å². The van der Waals surface area contributed by atoms with Gasteiger partial charge in [0.2, 0.25) is 5.89 Å². The highest BCUT2D eigenvalue weighted by atomic mass is 32.1. The third-order valence-electron chi connectivity index (χ3n) is 6.91. The minimum absolute atomic E-state index is 0.0217. The largest absolute Gasteiger partial charge is 0.496 e. The van der Waals surface area contributed by atoms with Crippen LogP contribution in [0.5, 0.6) is 5.75 Å². The Kier molecular flexibility index (Phi) is 7.44. The number of hydrogen-bond acceptors (Lipinski definition) is 8. The predicted molar refractivity (Wildman–Crippen MR) is 153 cm³/mol. The monoisotopic (exact) mass is 559 g/mol. The zero-order valence-corrected chi connectivity index (χ0v) is 23.5. The number of aromatic nitrogens is 3. The Morgan fingerprint density at radius 1 is 1.07 bits per heavy atom. The summed E-state index contributed by atoms with van der Waals surface area (Å²) in [6.45, 7) is 5.11. The van der Waals surface area contributed by atoms with Crippen LogP contribution in [0.2, 0.25) is 0 Å². The van der Waals surface area contributed by atoms with Gasteiger partial charge in [-0.25, -0.2) is 19.1 Å². The molecule has 3 heterocycles. The van der Waals surface area contributed by atoms with E-state index in [2.05, 4.69) is 4.98 Å². The molecule has 0 saturated heterocycles. The molecule has 0 radical (unpaired) electrons. The Morgan fingerprint density at radius 2 is 1.80 bits per heavy atom. The van der Waals surface area contributed by atoms with Crippen LogP contribution in [0.1, 0.15) is 30.5 Å². The summed E-state index contributed by atoms with van der Waals surface area (Å²) in [6, 6.07) is 16.8. The van der Waals surface area contributed by atoms with E-state index in [1.165, 1.54) is 37.6 Å². The maximum atomic E-state index is 14.1. The zero-order valence-electron chi connectivity index (χ0n) is 22.7. The molecule has 5 rings (SSSR count). The van der Waals surface area contributed by atoms with E-state index in [1.54, 1.807) is 18.6 Å². The van der Waals surface area contributed by atoms with E-state index in [9.17, 15) is 14.4 Å². The maximum absolute atomic E-state index is 14.1. The van der Waals surface area contributed by atoms with Crippen molar-refractivity contribution in [1.29, 1.82) is 0 Å². The lowest BCUT2D eigenvalue weighted by Crippen LogP contribution is -2.53. The Bertz CT molecular complexity index is 1780. The van der Waals surface area contributed by atoms with Crippen LogP contribution in [0, 0.1) is 6.92 Å². The number of nitrogens with zero attached hydrogens (tertiary/aromatic N) is 3. The molecule has 0 aliphatic carbocycles. The average Bonchev–Trinajstić information content (AvgIpc) is 3.60. The summed E-state index contributed by atoms with van der Waals surface area (Å²) in [5, 5.41) is 0.335. The van der Waals surface area contributed by atoms with Crippen LogP contribution >= 0.6 is 11.3 Å². The standard InChI is InChI=1S/C30H29N3O6S/c1-19-23-26(34)33(30(2,3)28(35)39-18-20-10-6-5-7-11-20)29(36)32(16-14-21-12-8-9-13-22(21)37-4)27(23)40-24(19)25-31-15-17-38-25/h5-13,15,17H,14,16,18H2,1-4H3. The van der Waals surface area contributed by atoms with E-state index in [1.807, 2.05) is 54.6 Å². The van der Waals surface area contributed by atoms with Crippen molar-refractivity contribution in [3.63, 3.8) is 0 Å². The van der Waals surface area contributed by atoms with E-state index >= 15 is 0 Å². The Balaban J connectivity index is 1.64. The van der Waals surface area contributed by atoms with Gasteiger partial charge in [-0.1, -0.05) is 48.5 Å². The van der Waals surface area contributed by atoms with Gasteiger partial charge in [0.05, 0.1) is 23.6 Å². The molecule has 206 valence electrons. The fourth-order valence-electron chi connectivity index (χ4n) is 4.71. The minimum Gasteiger partial charge on any atom is -0.496 e. The number of rotatable bonds is 9. The van der Waals surface area contributed by atoms with Crippen LogP contribution in [0.25, 0.3) is 21.0 Å². The normalized spacial score (nSPS) is 11.6. The predicted octanol–water partition coefficient (Wildman–Crippen LogP) is 4.92. The van der Waals surface area contributed by atoms with Gasteiger partial charge >= 0.3 is 11.7 Å². The van der Waals surface area contributed by atoms with Crippen molar-refractivity contribution < 1.29 is 18.7 Å². The van der Waals surface area contributed by atoms with Crippen molar-refractivity contribution in [2.75, 3.05) is 7.11 Å². The molecule has 0 unspecified atom stereocenters. The van der Waals surface area contributed by atoms with Crippen molar-refractivity contribution in [3.8, 4) is 16.5 Å². The Morgan fingerprint density at radius 3 is 2.50 bits per heavy atom. The maximum Gasteiger partial charge on any atom is 0.333 e. The van der Waals surface area contributed by atoms with E-state index in [-0.39, 0.29) is 13.2 Å².